The Kier molecular flexibility index (Phi) is 9.37. The fraction of sp³-hybridized carbons (Fsp3) is 0.214. The number of amides is 3. The average Bonchev–Trinajstić information content (AvgIpc) is 2.94. The van der Waals surface area contributed by atoms with Gasteiger partial charge in [-0.25, -0.2) is 4.79 Å². The number of carbonyl (C=O) groups excluding carboxylic acids is 4. The number of rotatable bonds is 10. The molecule has 1 atom stereocenters. The monoisotopic (exact) mass is 503 g/mol. The van der Waals surface area contributed by atoms with Crippen molar-refractivity contribution in [1.29, 1.82) is 0 Å². The number of nitrogens with one attached hydrogen (secondary N) is 3. The zero-order chi connectivity index (χ0) is 26.7. The molecular weight excluding hydrogens is 474 g/mol. The number of carbonyl (C=O) groups is 4. The van der Waals surface area contributed by atoms with Gasteiger partial charge in [0.1, 0.15) is 19.2 Å². The van der Waals surface area contributed by atoms with Gasteiger partial charge in [0.25, 0.3) is 5.91 Å². The highest BCUT2D eigenvalue weighted by molar-refractivity contribution is 5.98. The quantitative estimate of drug-likeness (QED) is 0.366. The van der Waals surface area contributed by atoms with Crippen molar-refractivity contribution in [3.8, 4) is 0 Å². The molecule has 0 aliphatic carbocycles. The van der Waals surface area contributed by atoms with Gasteiger partial charge in [-0.15, -0.1) is 0 Å². The average molecular weight is 504 g/mol. The number of benzene rings is 3. The molecule has 3 aromatic carbocycles. The van der Waals surface area contributed by atoms with Crippen LogP contribution in [0.1, 0.15) is 23.6 Å². The van der Waals surface area contributed by atoms with Crippen LogP contribution >= 0.6 is 0 Å². The summed E-state index contributed by atoms with van der Waals surface area (Å²) in [7, 11) is 1.21. The van der Waals surface area contributed by atoms with E-state index in [1.807, 2.05) is 30.3 Å². The predicted molar refractivity (Wildman–Crippen MR) is 136 cm³/mol. The van der Waals surface area contributed by atoms with E-state index in [-0.39, 0.29) is 6.61 Å². The van der Waals surface area contributed by atoms with E-state index >= 15 is 0 Å². The molecule has 0 saturated heterocycles. The molecule has 0 saturated carbocycles. The lowest BCUT2D eigenvalue weighted by Crippen LogP contribution is -2.60. The van der Waals surface area contributed by atoms with Crippen LogP contribution in [0, 0.1) is 0 Å². The number of alkyl carbamates (subject to hydrolysis) is 1. The van der Waals surface area contributed by atoms with Crippen molar-refractivity contribution in [3.63, 3.8) is 0 Å². The van der Waals surface area contributed by atoms with Crippen LogP contribution in [0.5, 0.6) is 0 Å². The maximum Gasteiger partial charge on any atom is 0.408 e. The molecule has 37 heavy (non-hydrogen) atoms. The van der Waals surface area contributed by atoms with Gasteiger partial charge < -0.3 is 25.4 Å². The van der Waals surface area contributed by atoms with Gasteiger partial charge in [-0.1, -0.05) is 91.0 Å². The van der Waals surface area contributed by atoms with E-state index in [0.29, 0.717) is 11.1 Å². The third-order valence-corrected chi connectivity index (χ3v) is 5.63. The highest BCUT2D eigenvalue weighted by Crippen LogP contribution is 2.30. The summed E-state index contributed by atoms with van der Waals surface area (Å²) in [6, 6.07) is 25.3. The van der Waals surface area contributed by atoms with Crippen molar-refractivity contribution in [2.24, 2.45) is 0 Å². The molecule has 9 nitrogen and oxygen atoms in total. The lowest BCUT2D eigenvalue weighted by Gasteiger charge is -2.35. The maximum absolute atomic E-state index is 13.7. The standard InChI is InChI=1S/C28H29N3O6/c1-20(30-27(35)37-19-21-12-6-3-7-13-21)25(33)31-28(22-14-8-4-9-15-22,23-16-10-5-11-17-23)26(34)29-18-24(32)36-2/h3-17,20H,18-19H2,1-2H3,(H,29,34)(H,30,35)(H,31,33). The summed E-state index contributed by atoms with van der Waals surface area (Å²) in [6.45, 7) is 1.12. The first-order valence-electron chi connectivity index (χ1n) is 11.6. The van der Waals surface area contributed by atoms with E-state index < -0.39 is 42.0 Å². The second kappa shape index (κ2) is 12.9. The first-order chi connectivity index (χ1) is 17.9. The highest BCUT2D eigenvalue weighted by Gasteiger charge is 2.44. The third kappa shape index (κ3) is 6.94. The number of hydrogen-bond donors (Lipinski definition) is 3. The van der Waals surface area contributed by atoms with Gasteiger partial charge in [0.05, 0.1) is 7.11 Å². The van der Waals surface area contributed by atoms with Gasteiger partial charge in [-0.05, 0) is 23.6 Å². The Morgan fingerprint density at radius 2 is 1.32 bits per heavy atom. The minimum Gasteiger partial charge on any atom is -0.468 e. The fourth-order valence-corrected chi connectivity index (χ4v) is 3.66. The Hall–Kier alpha value is -4.66. The van der Waals surface area contributed by atoms with Crippen molar-refractivity contribution in [2.75, 3.05) is 13.7 Å². The molecule has 3 aromatic rings. The van der Waals surface area contributed by atoms with Gasteiger partial charge in [-0.3, -0.25) is 14.4 Å². The van der Waals surface area contributed by atoms with Crippen LogP contribution in [0.25, 0.3) is 0 Å². The van der Waals surface area contributed by atoms with Gasteiger partial charge >= 0.3 is 12.1 Å². The van der Waals surface area contributed by atoms with E-state index in [9.17, 15) is 19.2 Å². The van der Waals surface area contributed by atoms with E-state index in [2.05, 4.69) is 20.7 Å². The Morgan fingerprint density at radius 1 is 0.811 bits per heavy atom. The number of esters is 1. The Balaban J connectivity index is 1.86. The SMILES string of the molecule is COC(=O)CNC(=O)C(NC(=O)C(C)NC(=O)OCc1ccccc1)(c1ccccc1)c1ccccc1. The molecule has 3 rings (SSSR count). The highest BCUT2D eigenvalue weighted by atomic mass is 16.5. The van der Waals surface area contributed by atoms with Crippen LogP contribution in [-0.4, -0.2) is 43.6 Å². The van der Waals surface area contributed by atoms with Crippen LogP contribution in [0.2, 0.25) is 0 Å². The molecule has 0 aromatic heterocycles. The molecule has 0 fully saturated rings. The molecule has 3 amide bonds. The van der Waals surface area contributed by atoms with Crippen molar-refractivity contribution in [2.45, 2.75) is 25.1 Å². The maximum atomic E-state index is 13.7. The molecule has 0 aliphatic rings. The van der Waals surface area contributed by atoms with Crippen molar-refractivity contribution < 1.29 is 28.7 Å². The van der Waals surface area contributed by atoms with Crippen LogP contribution < -0.4 is 16.0 Å². The predicted octanol–water partition coefficient (Wildman–Crippen LogP) is 2.65. The molecule has 0 aliphatic heterocycles. The minimum atomic E-state index is -1.71. The summed E-state index contributed by atoms with van der Waals surface area (Å²) < 4.78 is 9.85. The van der Waals surface area contributed by atoms with E-state index in [4.69, 9.17) is 4.74 Å². The Labute approximate surface area is 215 Å². The van der Waals surface area contributed by atoms with Crippen molar-refractivity contribution in [1.82, 2.24) is 16.0 Å². The van der Waals surface area contributed by atoms with Gasteiger partial charge in [0.2, 0.25) is 5.91 Å². The zero-order valence-electron chi connectivity index (χ0n) is 20.6. The minimum absolute atomic E-state index is 0.0366. The summed E-state index contributed by atoms with van der Waals surface area (Å²) in [6.07, 6.45) is -0.785. The van der Waals surface area contributed by atoms with Crippen LogP contribution in [0.15, 0.2) is 91.0 Å². The molecule has 0 radical (unpaired) electrons. The summed E-state index contributed by atoms with van der Waals surface area (Å²) in [4.78, 5) is 51.1. The molecule has 1 unspecified atom stereocenters. The fourth-order valence-electron chi connectivity index (χ4n) is 3.66. The third-order valence-electron chi connectivity index (χ3n) is 5.63. The summed E-state index contributed by atoms with van der Waals surface area (Å²) in [5.41, 5.74) is -0.00641. The Morgan fingerprint density at radius 3 is 1.84 bits per heavy atom. The van der Waals surface area contributed by atoms with Gasteiger partial charge in [0.15, 0.2) is 5.54 Å². The van der Waals surface area contributed by atoms with Gasteiger partial charge in [-0.2, -0.15) is 0 Å². The zero-order valence-corrected chi connectivity index (χ0v) is 20.6. The molecular formula is C28H29N3O6. The normalized spacial score (nSPS) is 11.5. The number of methoxy groups -OCH3 is 1. The largest absolute Gasteiger partial charge is 0.468 e. The van der Waals surface area contributed by atoms with Crippen LogP contribution in [0.3, 0.4) is 0 Å². The van der Waals surface area contributed by atoms with Crippen LogP contribution in [-0.2, 0) is 36.0 Å². The number of hydrogen-bond acceptors (Lipinski definition) is 6. The number of ether oxygens (including phenoxy) is 2. The van der Waals surface area contributed by atoms with Crippen LogP contribution in [0.4, 0.5) is 4.79 Å². The molecule has 9 heteroatoms. The first kappa shape index (κ1) is 26.9. The second-order valence-electron chi connectivity index (χ2n) is 8.16. The van der Waals surface area contributed by atoms with E-state index in [0.717, 1.165) is 5.56 Å². The van der Waals surface area contributed by atoms with Crippen molar-refractivity contribution >= 4 is 23.9 Å². The van der Waals surface area contributed by atoms with E-state index in [1.165, 1.54) is 14.0 Å². The van der Waals surface area contributed by atoms with E-state index in [1.54, 1.807) is 60.7 Å². The molecule has 0 heterocycles. The second-order valence-corrected chi connectivity index (χ2v) is 8.16. The molecule has 192 valence electrons. The van der Waals surface area contributed by atoms with Gasteiger partial charge in [0, 0.05) is 0 Å². The van der Waals surface area contributed by atoms with Crippen molar-refractivity contribution in [3.05, 3.63) is 108 Å². The lowest BCUT2D eigenvalue weighted by atomic mass is 9.81. The summed E-state index contributed by atoms with van der Waals surface area (Å²) in [5.74, 6) is -1.94. The Bertz CT molecular complexity index is 1160. The summed E-state index contributed by atoms with van der Waals surface area (Å²) >= 11 is 0. The lowest BCUT2D eigenvalue weighted by molar-refractivity contribution is -0.142. The summed E-state index contributed by atoms with van der Waals surface area (Å²) in [5, 5.41) is 7.86. The molecule has 3 N–H and O–H groups in total. The topological polar surface area (TPSA) is 123 Å². The molecule has 0 bridgehead atoms. The molecule has 0 spiro atoms. The first-order valence-corrected chi connectivity index (χ1v) is 11.6. The smallest absolute Gasteiger partial charge is 0.408 e.